The average Bonchev–Trinajstić information content (AvgIpc) is 2.67. The molecule has 1 fully saturated rings. The summed E-state index contributed by atoms with van der Waals surface area (Å²) in [4.78, 5) is 12.5. The molecule has 4 heteroatoms. The number of hydrogen-bond donors (Lipinski definition) is 2. The van der Waals surface area contributed by atoms with Crippen LogP contribution in [0.15, 0.2) is 48.5 Å². The molecule has 2 N–H and O–H groups in total. The second kappa shape index (κ2) is 9.13. The third kappa shape index (κ3) is 6.01. The Bertz CT molecular complexity index is 775. The molecule has 0 aliphatic heterocycles. The first-order valence-corrected chi connectivity index (χ1v) is 10.3. The molecule has 0 unspecified atom stereocenters. The predicted octanol–water partition coefficient (Wildman–Crippen LogP) is 6.00. The second-order valence-corrected chi connectivity index (χ2v) is 8.58. The van der Waals surface area contributed by atoms with Gasteiger partial charge in [0.2, 0.25) is 0 Å². The summed E-state index contributed by atoms with van der Waals surface area (Å²) < 4.78 is 5.54. The number of hydrogen-bond acceptors (Lipinski definition) is 4. The van der Waals surface area contributed by atoms with Crippen LogP contribution in [0.1, 0.15) is 68.8 Å². The van der Waals surface area contributed by atoms with Gasteiger partial charge in [-0.15, -0.1) is 0 Å². The van der Waals surface area contributed by atoms with Crippen molar-refractivity contribution in [1.82, 2.24) is 0 Å². The Hall–Kier alpha value is -2.49. The third-order valence-corrected chi connectivity index (χ3v) is 4.94. The summed E-state index contributed by atoms with van der Waals surface area (Å²) in [5.74, 6) is -0.292. The molecule has 0 spiro atoms. The van der Waals surface area contributed by atoms with Gasteiger partial charge in [-0.2, -0.15) is 0 Å². The van der Waals surface area contributed by atoms with E-state index in [4.69, 9.17) is 4.74 Å². The molecule has 0 atom stereocenters. The first kappa shape index (κ1) is 20.2. The van der Waals surface area contributed by atoms with E-state index in [1.54, 1.807) is 0 Å². The van der Waals surface area contributed by atoms with E-state index in [1.165, 1.54) is 37.7 Å². The van der Waals surface area contributed by atoms with Crippen molar-refractivity contribution in [1.29, 1.82) is 0 Å². The van der Waals surface area contributed by atoms with Gasteiger partial charge in [0.05, 0.1) is 16.9 Å². The van der Waals surface area contributed by atoms with Gasteiger partial charge in [0.15, 0.2) is 0 Å². The maximum Gasteiger partial charge on any atom is 0.338 e. The number of ether oxygens (including phenoxy) is 1. The highest BCUT2D eigenvalue weighted by atomic mass is 16.6. The molecule has 28 heavy (non-hydrogen) atoms. The van der Waals surface area contributed by atoms with Crippen LogP contribution in [0, 0.1) is 0 Å². The van der Waals surface area contributed by atoms with E-state index < -0.39 is 5.60 Å². The first-order valence-electron chi connectivity index (χ1n) is 10.3. The number of carbonyl (C=O) groups excluding carboxylic acids is 1. The lowest BCUT2D eigenvalue weighted by atomic mass is 9.95. The summed E-state index contributed by atoms with van der Waals surface area (Å²) in [7, 11) is 0. The largest absolute Gasteiger partial charge is 0.456 e. The lowest BCUT2D eigenvalue weighted by Crippen LogP contribution is -2.24. The minimum Gasteiger partial charge on any atom is -0.456 e. The van der Waals surface area contributed by atoms with Crippen molar-refractivity contribution < 1.29 is 9.53 Å². The summed E-state index contributed by atoms with van der Waals surface area (Å²) in [6, 6.07) is 16.5. The van der Waals surface area contributed by atoms with Gasteiger partial charge in [0.1, 0.15) is 5.60 Å². The van der Waals surface area contributed by atoms with Gasteiger partial charge in [0.25, 0.3) is 0 Å². The fraction of sp³-hybridized carbons (Fsp3) is 0.458. The van der Waals surface area contributed by atoms with Crippen molar-refractivity contribution in [3.05, 3.63) is 59.7 Å². The van der Waals surface area contributed by atoms with E-state index >= 15 is 0 Å². The molecule has 2 aromatic carbocycles. The lowest BCUT2D eigenvalue weighted by molar-refractivity contribution is 0.00696. The Morgan fingerprint density at radius 3 is 2.39 bits per heavy atom. The Labute approximate surface area is 168 Å². The van der Waals surface area contributed by atoms with E-state index in [9.17, 15) is 4.79 Å². The van der Waals surface area contributed by atoms with Crippen LogP contribution < -0.4 is 10.6 Å². The Kier molecular flexibility index (Phi) is 6.61. The molecule has 3 rings (SSSR count). The van der Waals surface area contributed by atoms with Crippen LogP contribution in [-0.4, -0.2) is 17.6 Å². The minimum absolute atomic E-state index is 0.292. The van der Waals surface area contributed by atoms with Crippen LogP contribution in [0.25, 0.3) is 0 Å². The highest BCUT2D eigenvalue weighted by Gasteiger charge is 2.20. The number of benzene rings is 2. The summed E-state index contributed by atoms with van der Waals surface area (Å²) >= 11 is 0. The summed E-state index contributed by atoms with van der Waals surface area (Å²) in [6.07, 6.45) is 6.29. The molecule has 2 aromatic rings. The maximum atomic E-state index is 12.5. The normalized spacial score (nSPS) is 15.1. The van der Waals surface area contributed by atoms with Gasteiger partial charge in [-0.25, -0.2) is 4.79 Å². The lowest BCUT2D eigenvalue weighted by Gasteiger charge is -2.26. The topological polar surface area (TPSA) is 50.4 Å². The molecule has 4 nitrogen and oxygen atoms in total. The Morgan fingerprint density at radius 2 is 1.71 bits per heavy atom. The van der Waals surface area contributed by atoms with Gasteiger partial charge in [0, 0.05) is 12.6 Å². The first-order chi connectivity index (χ1) is 13.4. The quantitative estimate of drug-likeness (QED) is 0.604. The molecule has 0 amide bonds. The smallest absolute Gasteiger partial charge is 0.338 e. The molecule has 0 radical (unpaired) electrons. The van der Waals surface area contributed by atoms with Crippen molar-refractivity contribution in [3.8, 4) is 0 Å². The molecule has 0 saturated heterocycles. The zero-order valence-electron chi connectivity index (χ0n) is 17.3. The van der Waals surface area contributed by atoms with Gasteiger partial charge in [-0.1, -0.05) is 49.6 Å². The fourth-order valence-electron chi connectivity index (χ4n) is 3.54. The maximum absolute atomic E-state index is 12.5. The average molecular weight is 381 g/mol. The van der Waals surface area contributed by atoms with Crippen molar-refractivity contribution in [2.45, 2.75) is 71.1 Å². The standard InChI is InChI=1S/C24H32N2O2/c1-24(2,3)28-23(27)19-14-15-21(26-20-12-8-5-9-13-20)22(16-19)25-17-18-10-6-4-7-11-18/h4,6-7,10-11,14-16,20,25-26H,5,8-9,12-13,17H2,1-3H3. The predicted molar refractivity (Wildman–Crippen MR) is 116 cm³/mol. The molecule has 150 valence electrons. The van der Waals surface area contributed by atoms with E-state index in [0.29, 0.717) is 18.2 Å². The van der Waals surface area contributed by atoms with Gasteiger partial charge in [-0.3, -0.25) is 0 Å². The van der Waals surface area contributed by atoms with Gasteiger partial charge < -0.3 is 15.4 Å². The zero-order chi connectivity index (χ0) is 20.0. The Morgan fingerprint density at radius 1 is 1.00 bits per heavy atom. The van der Waals surface area contributed by atoms with Crippen molar-refractivity contribution >= 4 is 17.3 Å². The van der Waals surface area contributed by atoms with Crippen molar-refractivity contribution in [2.24, 2.45) is 0 Å². The van der Waals surface area contributed by atoms with E-state index in [0.717, 1.165) is 11.4 Å². The summed E-state index contributed by atoms with van der Waals surface area (Å²) in [5, 5.41) is 7.19. The minimum atomic E-state index is -0.506. The van der Waals surface area contributed by atoms with Crippen LogP contribution in [0.4, 0.5) is 11.4 Å². The van der Waals surface area contributed by atoms with Gasteiger partial charge in [-0.05, 0) is 57.4 Å². The van der Waals surface area contributed by atoms with E-state index in [1.807, 2.05) is 57.2 Å². The highest BCUT2D eigenvalue weighted by molar-refractivity contribution is 5.92. The number of anilines is 2. The Balaban J connectivity index is 1.79. The zero-order valence-corrected chi connectivity index (χ0v) is 17.3. The van der Waals surface area contributed by atoms with Crippen LogP contribution >= 0.6 is 0 Å². The second-order valence-electron chi connectivity index (χ2n) is 8.58. The van der Waals surface area contributed by atoms with Gasteiger partial charge >= 0.3 is 5.97 Å². The molecular weight excluding hydrogens is 348 g/mol. The monoisotopic (exact) mass is 380 g/mol. The molecule has 0 bridgehead atoms. The number of rotatable bonds is 6. The fourth-order valence-corrected chi connectivity index (χ4v) is 3.54. The molecule has 0 aromatic heterocycles. The summed E-state index contributed by atoms with van der Waals surface area (Å²) in [6.45, 7) is 6.37. The van der Waals surface area contributed by atoms with E-state index in [2.05, 4.69) is 22.8 Å². The van der Waals surface area contributed by atoms with Crippen LogP contribution in [0.2, 0.25) is 0 Å². The van der Waals surface area contributed by atoms with E-state index in [-0.39, 0.29) is 5.97 Å². The van der Waals surface area contributed by atoms with Crippen molar-refractivity contribution in [3.63, 3.8) is 0 Å². The SMILES string of the molecule is CC(C)(C)OC(=O)c1ccc(NC2CCCCC2)c(NCc2ccccc2)c1. The van der Waals surface area contributed by atoms with Crippen LogP contribution in [-0.2, 0) is 11.3 Å². The molecule has 1 aliphatic rings. The number of carbonyl (C=O) groups is 1. The molecule has 1 aliphatic carbocycles. The van der Waals surface area contributed by atoms with Crippen LogP contribution in [0.3, 0.4) is 0 Å². The number of nitrogens with one attached hydrogen (secondary N) is 2. The third-order valence-electron chi connectivity index (χ3n) is 4.94. The molecular formula is C24H32N2O2. The molecule has 1 saturated carbocycles. The van der Waals surface area contributed by atoms with Crippen LogP contribution in [0.5, 0.6) is 0 Å². The highest BCUT2D eigenvalue weighted by Crippen LogP contribution is 2.29. The summed E-state index contributed by atoms with van der Waals surface area (Å²) in [5.41, 5.74) is 3.26. The number of esters is 1. The van der Waals surface area contributed by atoms with Crippen molar-refractivity contribution in [2.75, 3.05) is 10.6 Å². The molecule has 0 heterocycles.